The van der Waals surface area contributed by atoms with Crippen LogP contribution in [-0.4, -0.2) is 4.98 Å². The molecule has 0 radical (unpaired) electrons. The van der Waals surface area contributed by atoms with Gasteiger partial charge in [0.15, 0.2) is 0 Å². The van der Waals surface area contributed by atoms with Gasteiger partial charge in [0.05, 0.1) is 5.52 Å². The Kier molecular flexibility index (Phi) is 4.82. The molecule has 0 saturated carbocycles. The quantitative estimate of drug-likeness (QED) is 0.673. The molecule has 0 aliphatic carbocycles. The van der Waals surface area contributed by atoms with Crippen molar-refractivity contribution in [3.8, 4) is 0 Å². The van der Waals surface area contributed by atoms with E-state index in [1.165, 1.54) is 17.4 Å². The molecular weight excluding hydrogens is 182 g/mol. The Morgan fingerprint density at radius 1 is 1.07 bits per heavy atom. The molecule has 2 rings (SSSR count). The normalized spacial score (nSPS) is 9.53. The first-order valence-corrected chi connectivity index (χ1v) is 5.65. The van der Waals surface area contributed by atoms with Crippen molar-refractivity contribution in [2.75, 3.05) is 0 Å². The molecule has 0 unspecified atom stereocenters. The first-order valence-electron chi connectivity index (χ1n) is 5.65. The van der Waals surface area contributed by atoms with Gasteiger partial charge in [-0.2, -0.15) is 0 Å². The van der Waals surface area contributed by atoms with Crippen LogP contribution in [-0.2, 0) is 6.42 Å². The topological polar surface area (TPSA) is 12.9 Å². The summed E-state index contributed by atoms with van der Waals surface area (Å²) >= 11 is 0. The maximum absolute atomic E-state index is 4.26. The molecule has 80 valence electrons. The van der Waals surface area contributed by atoms with Crippen LogP contribution in [0.3, 0.4) is 0 Å². The highest BCUT2D eigenvalue weighted by atomic mass is 14.6. The predicted octanol–water partition coefficient (Wildman–Crippen LogP) is 4.21. The predicted molar refractivity (Wildman–Crippen MR) is 67.1 cm³/mol. The summed E-state index contributed by atoms with van der Waals surface area (Å²) in [5.74, 6) is 0. The summed E-state index contributed by atoms with van der Waals surface area (Å²) in [5, 5.41) is 1.23. The van der Waals surface area contributed by atoms with Gasteiger partial charge in [-0.1, -0.05) is 39.3 Å². The Bertz CT molecular complexity index is 407. The molecule has 0 fully saturated rings. The van der Waals surface area contributed by atoms with Crippen LogP contribution in [0, 0.1) is 0 Å². The van der Waals surface area contributed by atoms with E-state index >= 15 is 0 Å². The lowest BCUT2D eigenvalue weighted by atomic mass is 10.1. The zero-order valence-corrected chi connectivity index (χ0v) is 9.83. The van der Waals surface area contributed by atoms with Crippen molar-refractivity contribution < 1.29 is 0 Å². The van der Waals surface area contributed by atoms with E-state index in [2.05, 4.69) is 50.0 Å². The third-order valence-corrected chi connectivity index (χ3v) is 2.08. The van der Waals surface area contributed by atoms with E-state index < -0.39 is 0 Å². The average Bonchev–Trinajstić information content (AvgIpc) is 2.29. The first kappa shape index (κ1) is 11.7. The minimum absolute atomic E-state index is 1.08. The smallest absolute Gasteiger partial charge is 0.0702 e. The molecule has 1 aromatic heterocycles. The molecule has 2 aromatic rings. The summed E-state index contributed by atoms with van der Waals surface area (Å²) in [6, 6.07) is 10.5. The molecule has 0 bridgehead atoms. The van der Waals surface area contributed by atoms with Crippen LogP contribution >= 0.6 is 0 Å². The highest BCUT2D eigenvalue weighted by Crippen LogP contribution is 2.13. The Labute approximate surface area is 92.2 Å². The number of fused-ring (bicyclic) bond motifs is 1. The van der Waals surface area contributed by atoms with E-state index in [0.717, 1.165) is 11.9 Å². The summed E-state index contributed by atoms with van der Waals surface area (Å²) < 4.78 is 0. The van der Waals surface area contributed by atoms with Crippen molar-refractivity contribution in [3.05, 3.63) is 42.1 Å². The second-order valence-electron chi connectivity index (χ2n) is 3.59. The van der Waals surface area contributed by atoms with Crippen LogP contribution in [0.5, 0.6) is 0 Å². The number of hydrogen-bond donors (Lipinski definition) is 0. The first-order chi connectivity index (χ1) is 7.31. The number of rotatable bonds is 1. The molecule has 15 heavy (non-hydrogen) atoms. The van der Waals surface area contributed by atoms with Crippen LogP contribution in [0.2, 0.25) is 0 Å². The average molecular weight is 201 g/mol. The van der Waals surface area contributed by atoms with Gasteiger partial charge in [0.1, 0.15) is 0 Å². The van der Waals surface area contributed by atoms with Gasteiger partial charge in [-0.15, -0.1) is 0 Å². The van der Waals surface area contributed by atoms with Gasteiger partial charge in [0.2, 0.25) is 0 Å². The maximum Gasteiger partial charge on any atom is 0.0702 e. The summed E-state index contributed by atoms with van der Waals surface area (Å²) in [4.78, 5) is 4.26. The monoisotopic (exact) mass is 201 g/mol. The number of aromatic nitrogens is 1. The van der Waals surface area contributed by atoms with E-state index in [1.807, 2.05) is 12.3 Å². The fraction of sp³-hybridized carbons (Fsp3) is 0.357. The van der Waals surface area contributed by atoms with Crippen LogP contribution in [0.25, 0.3) is 10.9 Å². The molecule has 0 atom stereocenters. The molecule has 1 aromatic carbocycles. The van der Waals surface area contributed by atoms with Gasteiger partial charge in [0.25, 0.3) is 0 Å². The van der Waals surface area contributed by atoms with Crippen LogP contribution in [0.1, 0.15) is 32.8 Å². The minimum atomic E-state index is 1.08. The van der Waals surface area contributed by atoms with Crippen molar-refractivity contribution in [1.29, 1.82) is 0 Å². The standard InChI is InChI=1S/C11H11N.C3H8/c1-2-9-5-6-11-10(8-9)4-3-7-12-11;1-3-2/h3-8H,2H2,1H3;3H2,1-2H3. The second kappa shape index (κ2) is 6.18. The number of aryl methyl sites for hydroxylation is 1. The van der Waals surface area contributed by atoms with Crippen molar-refractivity contribution in [2.45, 2.75) is 33.6 Å². The summed E-state index contributed by atoms with van der Waals surface area (Å²) in [7, 11) is 0. The summed E-state index contributed by atoms with van der Waals surface area (Å²) in [6.45, 7) is 6.41. The lowest BCUT2D eigenvalue weighted by Crippen LogP contribution is -1.81. The molecule has 0 spiro atoms. The molecule has 0 aliphatic heterocycles. The van der Waals surface area contributed by atoms with Crippen LogP contribution in [0.15, 0.2) is 36.5 Å². The van der Waals surface area contributed by atoms with Gasteiger partial charge < -0.3 is 0 Å². The van der Waals surface area contributed by atoms with Gasteiger partial charge in [0, 0.05) is 11.6 Å². The number of nitrogens with zero attached hydrogens (tertiary/aromatic N) is 1. The zero-order valence-electron chi connectivity index (χ0n) is 9.83. The third-order valence-electron chi connectivity index (χ3n) is 2.08. The van der Waals surface area contributed by atoms with Crippen molar-refractivity contribution in [3.63, 3.8) is 0 Å². The van der Waals surface area contributed by atoms with Crippen molar-refractivity contribution in [2.24, 2.45) is 0 Å². The van der Waals surface area contributed by atoms with Gasteiger partial charge in [-0.3, -0.25) is 4.98 Å². The summed E-state index contributed by atoms with van der Waals surface area (Å²) in [5.41, 5.74) is 2.45. The fourth-order valence-corrected chi connectivity index (χ4v) is 1.34. The fourth-order valence-electron chi connectivity index (χ4n) is 1.34. The SMILES string of the molecule is CCC.CCc1ccc2ncccc2c1. The zero-order chi connectivity index (χ0) is 11.1. The van der Waals surface area contributed by atoms with Crippen LogP contribution < -0.4 is 0 Å². The van der Waals surface area contributed by atoms with Crippen LogP contribution in [0.4, 0.5) is 0 Å². The Morgan fingerprint density at radius 2 is 1.80 bits per heavy atom. The van der Waals surface area contributed by atoms with E-state index in [1.54, 1.807) is 0 Å². The Hall–Kier alpha value is -1.37. The summed E-state index contributed by atoms with van der Waals surface area (Å²) in [6.07, 6.45) is 4.17. The minimum Gasteiger partial charge on any atom is -0.256 e. The molecule has 1 heterocycles. The van der Waals surface area contributed by atoms with Crippen molar-refractivity contribution >= 4 is 10.9 Å². The molecule has 0 N–H and O–H groups in total. The second-order valence-corrected chi connectivity index (χ2v) is 3.59. The molecule has 0 amide bonds. The lowest BCUT2D eigenvalue weighted by molar-refractivity contribution is 1.09. The molecule has 0 saturated heterocycles. The molecule has 1 nitrogen and oxygen atoms in total. The molecule has 1 heteroatoms. The lowest BCUT2D eigenvalue weighted by Gasteiger charge is -1.98. The Balaban J connectivity index is 0.000000337. The maximum atomic E-state index is 4.26. The van der Waals surface area contributed by atoms with E-state index in [0.29, 0.717) is 0 Å². The van der Waals surface area contributed by atoms with Gasteiger partial charge in [-0.05, 0) is 30.2 Å². The van der Waals surface area contributed by atoms with E-state index in [4.69, 9.17) is 0 Å². The highest BCUT2D eigenvalue weighted by molar-refractivity contribution is 5.78. The highest BCUT2D eigenvalue weighted by Gasteiger charge is 1.93. The largest absolute Gasteiger partial charge is 0.256 e. The number of benzene rings is 1. The van der Waals surface area contributed by atoms with Gasteiger partial charge >= 0.3 is 0 Å². The third kappa shape index (κ3) is 3.35. The Morgan fingerprint density at radius 3 is 2.47 bits per heavy atom. The van der Waals surface area contributed by atoms with E-state index in [9.17, 15) is 0 Å². The number of hydrogen-bond acceptors (Lipinski definition) is 1. The van der Waals surface area contributed by atoms with E-state index in [-0.39, 0.29) is 0 Å². The molecular formula is C14H19N. The number of pyridine rings is 1. The molecule has 0 aliphatic rings. The van der Waals surface area contributed by atoms with Crippen molar-refractivity contribution in [1.82, 2.24) is 4.98 Å². The van der Waals surface area contributed by atoms with Gasteiger partial charge in [-0.25, -0.2) is 0 Å².